The van der Waals surface area contributed by atoms with Crippen molar-refractivity contribution in [3.05, 3.63) is 64.1 Å². The first-order valence-electron chi connectivity index (χ1n) is 10.5. The monoisotopic (exact) mass is 494 g/mol. The van der Waals surface area contributed by atoms with Crippen molar-refractivity contribution in [3.8, 4) is 5.75 Å². The Morgan fingerprint density at radius 3 is 2.59 bits per heavy atom. The lowest BCUT2D eigenvalue weighted by molar-refractivity contribution is -0.134. The standard InChI is InChI=1S/C19H23FN2O3S.C4H4O4/c1-14-12-21-7-8-22(14)19(23)25-13-15-11-16(4-5-18(15)20)24-9-6-17-3-2-10-26-17;5-3(6)1-2-4(7)8/h2-5,10-11,14,21H,6-9,12-13H2,1H3;1-2H,(H,5,6)(H,7,8)/b;2-1+/t14-;/m1./s1. The Bertz CT molecular complexity index is 966. The molecule has 1 aliphatic rings. The summed E-state index contributed by atoms with van der Waals surface area (Å²) in [6, 6.07) is 8.65. The minimum atomic E-state index is -1.26. The summed E-state index contributed by atoms with van der Waals surface area (Å²) in [5.74, 6) is -2.35. The van der Waals surface area contributed by atoms with Crippen LogP contribution in [0, 0.1) is 5.82 Å². The largest absolute Gasteiger partial charge is 0.493 e. The minimum Gasteiger partial charge on any atom is -0.493 e. The number of carbonyl (C=O) groups excluding carboxylic acids is 1. The third kappa shape index (κ3) is 9.59. The first kappa shape index (κ1) is 26.8. The fourth-order valence-electron chi connectivity index (χ4n) is 2.95. The molecule has 2 heterocycles. The van der Waals surface area contributed by atoms with Crippen LogP contribution in [0.15, 0.2) is 47.9 Å². The molecule has 9 nitrogen and oxygen atoms in total. The Hall–Kier alpha value is -3.44. The van der Waals surface area contributed by atoms with E-state index in [1.165, 1.54) is 10.9 Å². The number of thiophene rings is 1. The molecule has 184 valence electrons. The third-order valence-corrected chi connectivity index (χ3v) is 5.61. The molecule has 1 aromatic carbocycles. The van der Waals surface area contributed by atoms with Crippen LogP contribution in [0.3, 0.4) is 0 Å². The SMILES string of the molecule is C[C@@H]1CNCCN1C(=O)OCc1cc(OCCc2cccs2)ccc1F.O=C(O)/C=C/C(=O)O. The van der Waals surface area contributed by atoms with E-state index in [9.17, 15) is 18.8 Å². The summed E-state index contributed by atoms with van der Waals surface area (Å²) in [7, 11) is 0. The summed E-state index contributed by atoms with van der Waals surface area (Å²) in [6.45, 7) is 4.43. The van der Waals surface area contributed by atoms with Crippen LogP contribution in [0.5, 0.6) is 5.75 Å². The van der Waals surface area contributed by atoms with Crippen molar-refractivity contribution in [2.45, 2.75) is 26.0 Å². The van der Waals surface area contributed by atoms with Gasteiger partial charge in [0.15, 0.2) is 0 Å². The van der Waals surface area contributed by atoms with E-state index in [0.29, 0.717) is 36.6 Å². The topological polar surface area (TPSA) is 125 Å². The molecule has 1 aliphatic heterocycles. The number of ether oxygens (including phenoxy) is 2. The fourth-order valence-corrected chi connectivity index (χ4v) is 3.64. The van der Waals surface area contributed by atoms with Crippen molar-refractivity contribution in [1.82, 2.24) is 10.2 Å². The highest BCUT2D eigenvalue weighted by Crippen LogP contribution is 2.19. The minimum absolute atomic E-state index is 0.0630. The number of nitrogens with one attached hydrogen (secondary N) is 1. The maximum Gasteiger partial charge on any atom is 0.410 e. The van der Waals surface area contributed by atoms with E-state index in [1.54, 1.807) is 28.4 Å². The van der Waals surface area contributed by atoms with Gasteiger partial charge in [-0.2, -0.15) is 0 Å². The second-order valence-corrected chi connectivity index (χ2v) is 8.27. The average Bonchev–Trinajstić information content (AvgIpc) is 3.32. The van der Waals surface area contributed by atoms with Gasteiger partial charge in [-0.3, -0.25) is 0 Å². The van der Waals surface area contributed by atoms with Gasteiger partial charge in [0.1, 0.15) is 18.2 Å². The van der Waals surface area contributed by atoms with Gasteiger partial charge >= 0.3 is 18.0 Å². The number of hydrogen-bond donors (Lipinski definition) is 3. The summed E-state index contributed by atoms with van der Waals surface area (Å²) in [5, 5.41) is 20.9. The molecule has 1 aromatic heterocycles. The van der Waals surface area contributed by atoms with Gasteiger partial charge in [-0.1, -0.05) is 6.07 Å². The lowest BCUT2D eigenvalue weighted by Crippen LogP contribution is -2.52. The molecule has 34 heavy (non-hydrogen) atoms. The Morgan fingerprint density at radius 2 is 1.97 bits per heavy atom. The molecule has 1 fully saturated rings. The summed E-state index contributed by atoms with van der Waals surface area (Å²) in [5.41, 5.74) is 0.315. The molecule has 11 heteroatoms. The Labute approximate surface area is 200 Å². The number of carboxylic acid groups (broad SMARTS) is 2. The van der Waals surface area contributed by atoms with Crippen LogP contribution in [0.1, 0.15) is 17.4 Å². The van der Waals surface area contributed by atoms with Gasteiger partial charge in [0, 0.05) is 54.7 Å². The van der Waals surface area contributed by atoms with Gasteiger partial charge < -0.3 is 29.9 Å². The lowest BCUT2D eigenvalue weighted by atomic mass is 10.2. The molecule has 2 aromatic rings. The molecule has 0 aliphatic carbocycles. The summed E-state index contributed by atoms with van der Waals surface area (Å²) >= 11 is 1.68. The number of benzene rings is 1. The van der Waals surface area contributed by atoms with Gasteiger partial charge in [-0.15, -0.1) is 11.3 Å². The van der Waals surface area contributed by atoms with Crippen LogP contribution in [0.4, 0.5) is 9.18 Å². The van der Waals surface area contributed by atoms with Crippen molar-refractivity contribution in [1.29, 1.82) is 0 Å². The van der Waals surface area contributed by atoms with Crippen molar-refractivity contribution in [2.24, 2.45) is 0 Å². The van der Waals surface area contributed by atoms with Crippen LogP contribution in [0.2, 0.25) is 0 Å². The number of carbonyl (C=O) groups is 3. The molecular formula is C23H27FN2O7S. The number of nitrogens with zero attached hydrogens (tertiary/aromatic N) is 1. The van der Waals surface area contributed by atoms with E-state index < -0.39 is 23.8 Å². The highest BCUT2D eigenvalue weighted by Gasteiger charge is 2.24. The molecule has 0 radical (unpaired) electrons. The van der Waals surface area contributed by atoms with Crippen molar-refractivity contribution in [2.75, 3.05) is 26.2 Å². The third-order valence-electron chi connectivity index (χ3n) is 4.67. The second kappa shape index (κ2) is 14.0. The normalized spacial score (nSPS) is 15.4. The van der Waals surface area contributed by atoms with Gasteiger partial charge in [-0.25, -0.2) is 18.8 Å². The highest BCUT2D eigenvalue weighted by molar-refractivity contribution is 7.09. The molecule has 0 saturated carbocycles. The predicted octanol–water partition coefficient (Wildman–Crippen LogP) is 3.15. The zero-order chi connectivity index (χ0) is 24.9. The molecule has 1 saturated heterocycles. The fraction of sp³-hybridized carbons (Fsp3) is 0.348. The Balaban J connectivity index is 0.000000440. The van der Waals surface area contributed by atoms with Crippen LogP contribution in [-0.4, -0.2) is 65.4 Å². The van der Waals surface area contributed by atoms with Crippen LogP contribution in [0.25, 0.3) is 0 Å². The number of amides is 1. The van der Waals surface area contributed by atoms with E-state index in [2.05, 4.69) is 11.4 Å². The van der Waals surface area contributed by atoms with E-state index in [4.69, 9.17) is 19.7 Å². The molecule has 3 N–H and O–H groups in total. The number of rotatable bonds is 8. The lowest BCUT2D eigenvalue weighted by Gasteiger charge is -2.33. The number of piperazine rings is 1. The first-order valence-corrected chi connectivity index (χ1v) is 11.4. The van der Waals surface area contributed by atoms with Gasteiger partial charge in [0.25, 0.3) is 0 Å². The number of carboxylic acids is 2. The molecule has 0 unspecified atom stereocenters. The number of halogens is 1. The first-order chi connectivity index (χ1) is 16.3. The van der Waals surface area contributed by atoms with Crippen molar-refractivity contribution < 1.29 is 38.5 Å². The maximum absolute atomic E-state index is 14.0. The molecule has 1 amide bonds. The molecule has 3 rings (SSSR count). The van der Waals surface area contributed by atoms with Crippen LogP contribution >= 0.6 is 11.3 Å². The van der Waals surface area contributed by atoms with Crippen molar-refractivity contribution in [3.63, 3.8) is 0 Å². The quantitative estimate of drug-likeness (QED) is 0.478. The van der Waals surface area contributed by atoms with Gasteiger partial charge in [-0.05, 0) is 36.6 Å². The van der Waals surface area contributed by atoms with Gasteiger partial charge in [0.2, 0.25) is 0 Å². The molecule has 1 atom stereocenters. The maximum atomic E-state index is 14.0. The highest BCUT2D eigenvalue weighted by atomic mass is 32.1. The van der Waals surface area contributed by atoms with Crippen LogP contribution < -0.4 is 10.1 Å². The Kier molecular flexibility index (Phi) is 11.0. The smallest absolute Gasteiger partial charge is 0.410 e. The van der Waals surface area contributed by atoms with E-state index in [1.807, 2.05) is 18.4 Å². The van der Waals surface area contributed by atoms with E-state index in [-0.39, 0.29) is 12.6 Å². The molecule has 0 bridgehead atoms. The Morgan fingerprint density at radius 1 is 1.24 bits per heavy atom. The number of hydrogen-bond acceptors (Lipinski definition) is 7. The van der Waals surface area contributed by atoms with E-state index in [0.717, 1.165) is 19.5 Å². The second-order valence-electron chi connectivity index (χ2n) is 7.24. The van der Waals surface area contributed by atoms with E-state index >= 15 is 0 Å². The molecule has 0 spiro atoms. The van der Waals surface area contributed by atoms with Gasteiger partial charge in [0.05, 0.1) is 6.61 Å². The summed E-state index contributed by atoms with van der Waals surface area (Å²) in [4.78, 5) is 34.2. The number of aliphatic carboxylic acids is 2. The average molecular weight is 495 g/mol. The summed E-state index contributed by atoms with van der Waals surface area (Å²) < 4.78 is 25.0. The zero-order valence-corrected chi connectivity index (χ0v) is 19.4. The van der Waals surface area contributed by atoms with Crippen LogP contribution in [-0.2, 0) is 27.4 Å². The molecular weight excluding hydrogens is 467 g/mol. The van der Waals surface area contributed by atoms with Crippen molar-refractivity contribution >= 4 is 29.4 Å². The zero-order valence-electron chi connectivity index (χ0n) is 18.6. The summed E-state index contributed by atoms with van der Waals surface area (Å²) in [6.07, 6.45) is 1.51. The predicted molar refractivity (Wildman–Crippen MR) is 124 cm³/mol.